The summed E-state index contributed by atoms with van der Waals surface area (Å²) in [4.78, 5) is 35.7. The molecule has 0 atom stereocenters. The minimum Gasteiger partial charge on any atom is -0.406 e. The van der Waals surface area contributed by atoms with Crippen molar-refractivity contribution in [3.05, 3.63) is 51.3 Å². The van der Waals surface area contributed by atoms with Crippen molar-refractivity contribution < 1.29 is 27.5 Å². The molecule has 0 unspecified atom stereocenters. The van der Waals surface area contributed by atoms with Crippen LogP contribution >= 0.6 is 0 Å². The molecule has 7 nitrogen and oxygen atoms in total. The van der Waals surface area contributed by atoms with Gasteiger partial charge in [-0.1, -0.05) is 0 Å². The van der Waals surface area contributed by atoms with Gasteiger partial charge in [0.1, 0.15) is 11.6 Å². The fraction of sp³-hybridized carbons (Fsp3) is 0.133. The Hall–Kier alpha value is -3.30. The number of nitrogens with two attached hydrogens (primary N) is 1. The number of aryl methyl sites for hydroxylation is 1. The number of hydrogen-bond acceptors (Lipinski definition) is 5. The number of alkyl halides is 3. The summed E-state index contributed by atoms with van der Waals surface area (Å²) < 4.78 is 42.0. The SMILES string of the molecule is Cc1cc(OC(F)(F)F)cc(-n2c(N)c3c(cc2=O)C(=O)NC3=O)c1. The van der Waals surface area contributed by atoms with E-state index in [-0.39, 0.29) is 22.6 Å². The lowest BCUT2D eigenvalue weighted by Gasteiger charge is -2.15. The molecular weight excluding hydrogens is 343 g/mol. The van der Waals surface area contributed by atoms with Crippen LogP contribution in [0, 0.1) is 6.92 Å². The first-order chi connectivity index (χ1) is 11.6. The maximum atomic E-state index is 12.4. The maximum absolute atomic E-state index is 12.4. The molecule has 0 saturated heterocycles. The third kappa shape index (κ3) is 2.93. The molecule has 0 fully saturated rings. The number of imide groups is 1. The third-order valence-corrected chi connectivity index (χ3v) is 3.48. The van der Waals surface area contributed by atoms with Crippen LogP contribution < -0.4 is 21.3 Å². The van der Waals surface area contributed by atoms with Gasteiger partial charge in [-0.3, -0.25) is 24.3 Å². The lowest BCUT2D eigenvalue weighted by atomic mass is 10.1. The molecule has 1 aliphatic rings. The molecule has 3 N–H and O–H groups in total. The molecule has 25 heavy (non-hydrogen) atoms. The van der Waals surface area contributed by atoms with E-state index in [9.17, 15) is 27.6 Å². The third-order valence-electron chi connectivity index (χ3n) is 3.48. The zero-order chi connectivity index (χ0) is 18.5. The Balaban J connectivity index is 2.22. The number of nitrogen functional groups attached to an aromatic ring is 1. The van der Waals surface area contributed by atoms with E-state index in [2.05, 4.69) is 4.74 Å². The number of anilines is 1. The van der Waals surface area contributed by atoms with Gasteiger partial charge < -0.3 is 10.5 Å². The highest BCUT2D eigenvalue weighted by Gasteiger charge is 2.33. The Labute approximate surface area is 137 Å². The molecule has 3 rings (SSSR count). The minimum atomic E-state index is -4.91. The number of rotatable bonds is 2. The summed E-state index contributed by atoms with van der Waals surface area (Å²) in [6.07, 6.45) is -4.91. The van der Waals surface area contributed by atoms with E-state index in [0.717, 1.165) is 22.8 Å². The van der Waals surface area contributed by atoms with Crippen LogP contribution in [-0.4, -0.2) is 22.7 Å². The Morgan fingerprint density at radius 1 is 1.08 bits per heavy atom. The van der Waals surface area contributed by atoms with Crippen LogP contribution in [0.1, 0.15) is 26.3 Å². The summed E-state index contributed by atoms with van der Waals surface area (Å²) in [6, 6.07) is 4.38. The Bertz CT molecular complexity index is 979. The topological polar surface area (TPSA) is 103 Å². The zero-order valence-corrected chi connectivity index (χ0v) is 12.6. The van der Waals surface area contributed by atoms with Gasteiger partial charge >= 0.3 is 6.36 Å². The van der Waals surface area contributed by atoms with Crippen LogP contribution in [0.15, 0.2) is 29.1 Å². The number of pyridine rings is 1. The molecule has 0 aliphatic carbocycles. The van der Waals surface area contributed by atoms with E-state index in [1.807, 2.05) is 5.32 Å². The van der Waals surface area contributed by atoms with Crippen molar-refractivity contribution in [1.82, 2.24) is 9.88 Å². The van der Waals surface area contributed by atoms with Gasteiger partial charge in [0.05, 0.1) is 16.8 Å². The van der Waals surface area contributed by atoms with E-state index in [1.165, 1.54) is 13.0 Å². The number of carbonyl (C=O) groups is 2. The average Bonchev–Trinajstić information content (AvgIpc) is 2.71. The molecule has 2 amide bonds. The predicted octanol–water partition coefficient (Wildman–Crippen LogP) is 1.51. The van der Waals surface area contributed by atoms with Crippen LogP contribution in [0.2, 0.25) is 0 Å². The first-order valence-corrected chi connectivity index (χ1v) is 6.86. The second-order valence-electron chi connectivity index (χ2n) is 5.33. The van der Waals surface area contributed by atoms with Crippen molar-refractivity contribution in [3.8, 4) is 11.4 Å². The Morgan fingerprint density at radius 2 is 1.76 bits per heavy atom. The van der Waals surface area contributed by atoms with Gasteiger partial charge in [-0.2, -0.15) is 0 Å². The fourth-order valence-electron chi connectivity index (χ4n) is 2.60. The normalized spacial score (nSPS) is 13.6. The van der Waals surface area contributed by atoms with Crippen LogP contribution in [0.4, 0.5) is 19.0 Å². The standard InChI is InChI=1S/C15H10F3N3O4/c1-6-2-7(4-8(3-6)25-15(16,17)18)21-10(22)5-9-11(12(21)19)14(24)20-13(9)23/h2-5H,19H2,1H3,(H,20,23,24). The van der Waals surface area contributed by atoms with Gasteiger partial charge in [0, 0.05) is 12.1 Å². The summed E-state index contributed by atoms with van der Waals surface area (Å²) in [5, 5.41) is 2.00. The number of aromatic nitrogens is 1. The smallest absolute Gasteiger partial charge is 0.406 e. The quantitative estimate of drug-likeness (QED) is 0.797. The van der Waals surface area contributed by atoms with Crippen molar-refractivity contribution in [3.63, 3.8) is 0 Å². The zero-order valence-electron chi connectivity index (χ0n) is 12.6. The largest absolute Gasteiger partial charge is 0.573 e. The molecule has 2 heterocycles. The molecule has 0 spiro atoms. The number of amides is 2. The average molecular weight is 353 g/mol. The number of hydrogen-bond donors (Lipinski definition) is 2. The summed E-state index contributed by atoms with van der Waals surface area (Å²) in [7, 11) is 0. The number of nitrogens with zero attached hydrogens (tertiary/aromatic N) is 1. The van der Waals surface area contributed by atoms with Gasteiger partial charge in [0.25, 0.3) is 17.4 Å². The van der Waals surface area contributed by atoms with Crippen molar-refractivity contribution in [2.45, 2.75) is 13.3 Å². The molecule has 1 aliphatic heterocycles. The van der Waals surface area contributed by atoms with Crippen molar-refractivity contribution in [2.75, 3.05) is 5.73 Å². The van der Waals surface area contributed by atoms with E-state index in [0.29, 0.717) is 5.56 Å². The van der Waals surface area contributed by atoms with Gasteiger partial charge in [-0.05, 0) is 24.6 Å². The molecule has 0 saturated carbocycles. The molecule has 1 aromatic carbocycles. The van der Waals surface area contributed by atoms with Crippen molar-refractivity contribution in [1.29, 1.82) is 0 Å². The molecule has 0 bridgehead atoms. The second-order valence-corrected chi connectivity index (χ2v) is 5.33. The monoisotopic (exact) mass is 353 g/mol. The number of fused-ring (bicyclic) bond motifs is 1. The first-order valence-electron chi connectivity index (χ1n) is 6.86. The van der Waals surface area contributed by atoms with Gasteiger partial charge in [-0.15, -0.1) is 13.2 Å². The van der Waals surface area contributed by atoms with E-state index in [1.54, 1.807) is 0 Å². The first kappa shape index (κ1) is 16.6. The highest BCUT2D eigenvalue weighted by molar-refractivity contribution is 6.23. The van der Waals surface area contributed by atoms with Crippen LogP contribution in [-0.2, 0) is 0 Å². The molecule has 2 aromatic rings. The summed E-state index contributed by atoms with van der Waals surface area (Å²) in [5.74, 6) is -2.45. The van der Waals surface area contributed by atoms with E-state index >= 15 is 0 Å². The summed E-state index contributed by atoms with van der Waals surface area (Å²) >= 11 is 0. The van der Waals surface area contributed by atoms with E-state index in [4.69, 9.17) is 5.73 Å². The summed E-state index contributed by atoms with van der Waals surface area (Å²) in [6.45, 7) is 1.50. The molecule has 1 aromatic heterocycles. The summed E-state index contributed by atoms with van der Waals surface area (Å²) in [5.41, 5.74) is 5.01. The number of halogens is 3. The maximum Gasteiger partial charge on any atom is 0.573 e. The van der Waals surface area contributed by atoms with Gasteiger partial charge in [-0.25, -0.2) is 0 Å². The van der Waals surface area contributed by atoms with Gasteiger partial charge in [0.15, 0.2) is 0 Å². The Kier molecular flexibility index (Phi) is 3.55. The van der Waals surface area contributed by atoms with Crippen LogP contribution in [0.3, 0.4) is 0 Å². The molecule has 0 radical (unpaired) electrons. The fourth-order valence-corrected chi connectivity index (χ4v) is 2.60. The predicted molar refractivity (Wildman–Crippen MR) is 79.7 cm³/mol. The Morgan fingerprint density at radius 3 is 2.40 bits per heavy atom. The van der Waals surface area contributed by atoms with Crippen molar-refractivity contribution in [2.24, 2.45) is 0 Å². The number of carbonyl (C=O) groups excluding carboxylic acids is 2. The van der Waals surface area contributed by atoms with Crippen molar-refractivity contribution >= 4 is 17.6 Å². The molecule has 130 valence electrons. The molecule has 10 heteroatoms. The number of benzene rings is 1. The van der Waals surface area contributed by atoms with Crippen LogP contribution in [0.5, 0.6) is 5.75 Å². The highest BCUT2D eigenvalue weighted by Crippen LogP contribution is 2.28. The number of nitrogens with one attached hydrogen (secondary N) is 1. The molecular formula is C15H10F3N3O4. The lowest BCUT2D eigenvalue weighted by molar-refractivity contribution is -0.274. The van der Waals surface area contributed by atoms with Crippen LogP contribution in [0.25, 0.3) is 5.69 Å². The lowest BCUT2D eigenvalue weighted by Crippen LogP contribution is -2.24. The number of ether oxygens (including phenoxy) is 1. The minimum absolute atomic E-state index is 0.0308. The van der Waals surface area contributed by atoms with Gasteiger partial charge in [0.2, 0.25) is 0 Å². The highest BCUT2D eigenvalue weighted by atomic mass is 19.4. The second kappa shape index (κ2) is 5.36. The van der Waals surface area contributed by atoms with E-state index < -0.39 is 29.5 Å².